The van der Waals surface area contributed by atoms with Crippen molar-refractivity contribution in [3.05, 3.63) is 59.7 Å². The summed E-state index contributed by atoms with van der Waals surface area (Å²) >= 11 is 1.61. The first-order valence-corrected chi connectivity index (χ1v) is 7.42. The molecule has 0 N–H and O–H groups in total. The van der Waals surface area contributed by atoms with Crippen molar-refractivity contribution in [1.82, 2.24) is 0 Å². The second-order valence-corrected chi connectivity index (χ2v) is 5.60. The predicted octanol–water partition coefficient (Wildman–Crippen LogP) is 3.59. The zero-order chi connectivity index (χ0) is 13.8. The van der Waals surface area contributed by atoms with Crippen LogP contribution in [0, 0.1) is 0 Å². The van der Waals surface area contributed by atoms with E-state index in [1.807, 2.05) is 36.4 Å². The lowest BCUT2D eigenvalue weighted by Gasteiger charge is -2.11. The van der Waals surface area contributed by atoms with Gasteiger partial charge in [-0.15, -0.1) is 11.8 Å². The zero-order valence-electron chi connectivity index (χ0n) is 10.8. The highest BCUT2D eigenvalue weighted by molar-refractivity contribution is 7.99. The third-order valence-electron chi connectivity index (χ3n) is 3.12. The average Bonchev–Trinajstić information content (AvgIpc) is 2.96. The van der Waals surface area contributed by atoms with Gasteiger partial charge in [-0.3, -0.25) is 0 Å². The fourth-order valence-electron chi connectivity index (χ4n) is 2.06. The number of aldehydes is 1. The standard InChI is InChI=1S/C16H14O3S/c17-9-16(20-10-12-4-2-1-3-5-12)13-6-7-14-15(8-13)19-11-18-14/h1-9,16H,10-11H2. The van der Waals surface area contributed by atoms with Gasteiger partial charge in [0.25, 0.3) is 0 Å². The van der Waals surface area contributed by atoms with Crippen molar-refractivity contribution in [2.24, 2.45) is 0 Å². The Morgan fingerprint density at radius 3 is 2.70 bits per heavy atom. The number of hydrogen-bond donors (Lipinski definition) is 0. The summed E-state index contributed by atoms with van der Waals surface area (Å²) in [5, 5.41) is -0.190. The Hall–Kier alpha value is -1.94. The molecule has 0 aliphatic carbocycles. The molecule has 1 heterocycles. The minimum atomic E-state index is -0.190. The molecule has 3 nitrogen and oxygen atoms in total. The molecule has 1 aliphatic heterocycles. The predicted molar refractivity (Wildman–Crippen MR) is 79.1 cm³/mol. The molecule has 0 spiro atoms. The van der Waals surface area contributed by atoms with Gasteiger partial charge in [0.15, 0.2) is 11.5 Å². The summed E-state index contributed by atoms with van der Waals surface area (Å²) in [6.07, 6.45) is 0.977. The smallest absolute Gasteiger partial charge is 0.231 e. The molecule has 2 aromatic carbocycles. The van der Waals surface area contributed by atoms with Gasteiger partial charge in [-0.25, -0.2) is 0 Å². The summed E-state index contributed by atoms with van der Waals surface area (Å²) in [7, 11) is 0. The SMILES string of the molecule is O=CC(SCc1ccccc1)c1ccc2c(c1)OCO2. The largest absolute Gasteiger partial charge is 0.454 e. The second kappa shape index (κ2) is 6.01. The lowest BCUT2D eigenvalue weighted by molar-refractivity contribution is -0.107. The van der Waals surface area contributed by atoms with Gasteiger partial charge in [0, 0.05) is 5.75 Å². The van der Waals surface area contributed by atoms with Crippen molar-refractivity contribution in [2.75, 3.05) is 6.79 Å². The maximum atomic E-state index is 11.3. The molecule has 0 aromatic heterocycles. The lowest BCUT2D eigenvalue weighted by atomic mass is 10.1. The van der Waals surface area contributed by atoms with Crippen LogP contribution in [0.25, 0.3) is 0 Å². The molecule has 2 aromatic rings. The van der Waals surface area contributed by atoms with E-state index in [9.17, 15) is 4.79 Å². The van der Waals surface area contributed by atoms with Crippen LogP contribution < -0.4 is 9.47 Å². The molecule has 4 heteroatoms. The Morgan fingerprint density at radius 2 is 1.90 bits per heavy atom. The van der Waals surface area contributed by atoms with Crippen molar-refractivity contribution in [1.29, 1.82) is 0 Å². The van der Waals surface area contributed by atoms with Crippen molar-refractivity contribution < 1.29 is 14.3 Å². The Morgan fingerprint density at radius 1 is 1.10 bits per heavy atom. The molecule has 0 saturated carbocycles. The average molecular weight is 286 g/mol. The molecule has 20 heavy (non-hydrogen) atoms. The minimum absolute atomic E-state index is 0.190. The van der Waals surface area contributed by atoms with Crippen molar-refractivity contribution in [3.8, 4) is 11.5 Å². The van der Waals surface area contributed by atoms with Gasteiger partial charge in [0.2, 0.25) is 6.79 Å². The molecule has 1 aliphatic rings. The number of benzene rings is 2. The van der Waals surface area contributed by atoms with Crippen LogP contribution in [-0.4, -0.2) is 13.1 Å². The summed E-state index contributed by atoms with van der Waals surface area (Å²) in [4.78, 5) is 11.3. The molecule has 0 radical (unpaired) electrons. The number of ether oxygens (including phenoxy) is 2. The summed E-state index contributed by atoms with van der Waals surface area (Å²) in [6.45, 7) is 0.252. The third kappa shape index (κ3) is 2.80. The first-order valence-electron chi connectivity index (χ1n) is 6.37. The molecular formula is C16H14O3S. The van der Waals surface area contributed by atoms with E-state index in [1.165, 1.54) is 5.56 Å². The Bertz CT molecular complexity index is 598. The lowest BCUT2D eigenvalue weighted by Crippen LogP contribution is -1.96. The fraction of sp³-hybridized carbons (Fsp3) is 0.188. The highest BCUT2D eigenvalue weighted by atomic mass is 32.2. The third-order valence-corrected chi connectivity index (χ3v) is 4.36. The maximum Gasteiger partial charge on any atom is 0.231 e. The van der Waals surface area contributed by atoms with Crippen molar-refractivity contribution in [3.63, 3.8) is 0 Å². The maximum absolute atomic E-state index is 11.3. The molecule has 102 valence electrons. The summed E-state index contributed by atoms with van der Waals surface area (Å²) in [5.41, 5.74) is 2.16. The van der Waals surface area contributed by atoms with Crippen molar-refractivity contribution in [2.45, 2.75) is 11.0 Å². The molecule has 0 fully saturated rings. The quantitative estimate of drug-likeness (QED) is 0.787. The summed E-state index contributed by atoms with van der Waals surface area (Å²) in [5.74, 6) is 2.26. The summed E-state index contributed by atoms with van der Waals surface area (Å²) < 4.78 is 10.6. The van der Waals surface area contributed by atoms with E-state index in [1.54, 1.807) is 11.8 Å². The van der Waals surface area contributed by atoms with Gasteiger partial charge >= 0.3 is 0 Å². The number of fused-ring (bicyclic) bond motifs is 1. The minimum Gasteiger partial charge on any atom is -0.454 e. The van der Waals surface area contributed by atoms with Crippen LogP contribution in [-0.2, 0) is 10.5 Å². The number of carbonyl (C=O) groups is 1. The molecule has 0 amide bonds. The van der Waals surface area contributed by atoms with Crippen molar-refractivity contribution >= 4 is 18.0 Å². The molecule has 0 saturated heterocycles. The van der Waals surface area contributed by atoms with Crippen LogP contribution in [0.2, 0.25) is 0 Å². The normalized spacial score (nSPS) is 14.0. The van der Waals surface area contributed by atoms with E-state index in [0.29, 0.717) is 0 Å². The van der Waals surface area contributed by atoms with Crippen LogP contribution in [0.1, 0.15) is 16.4 Å². The molecule has 3 rings (SSSR count). The van der Waals surface area contributed by atoms with E-state index >= 15 is 0 Å². The van der Waals surface area contributed by atoms with Crippen LogP contribution >= 0.6 is 11.8 Å². The molecule has 1 unspecified atom stereocenters. The highest BCUT2D eigenvalue weighted by Crippen LogP contribution is 2.37. The van der Waals surface area contributed by atoms with Crippen LogP contribution in [0.4, 0.5) is 0 Å². The van der Waals surface area contributed by atoms with E-state index in [4.69, 9.17) is 9.47 Å². The van der Waals surface area contributed by atoms with Gasteiger partial charge in [-0.2, -0.15) is 0 Å². The van der Waals surface area contributed by atoms with Gasteiger partial charge in [-0.05, 0) is 23.3 Å². The molecule has 0 bridgehead atoms. The Kier molecular flexibility index (Phi) is 3.92. The second-order valence-electron chi connectivity index (χ2n) is 4.47. The van der Waals surface area contributed by atoms with E-state index in [0.717, 1.165) is 29.1 Å². The van der Waals surface area contributed by atoms with Crippen LogP contribution in [0.15, 0.2) is 48.5 Å². The number of carbonyl (C=O) groups excluding carboxylic acids is 1. The summed E-state index contributed by atoms with van der Waals surface area (Å²) in [6, 6.07) is 15.8. The number of thioether (sulfide) groups is 1. The molecule has 1 atom stereocenters. The van der Waals surface area contributed by atoms with Gasteiger partial charge in [-0.1, -0.05) is 36.4 Å². The Labute approximate surface area is 121 Å². The van der Waals surface area contributed by atoms with Crippen LogP contribution in [0.3, 0.4) is 0 Å². The van der Waals surface area contributed by atoms with E-state index in [-0.39, 0.29) is 12.0 Å². The number of rotatable bonds is 5. The van der Waals surface area contributed by atoms with E-state index < -0.39 is 0 Å². The number of hydrogen-bond acceptors (Lipinski definition) is 4. The van der Waals surface area contributed by atoms with E-state index in [2.05, 4.69) is 12.1 Å². The Balaban J connectivity index is 1.72. The topological polar surface area (TPSA) is 35.5 Å². The van der Waals surface area contributed by atoms with Gasteiger partial charge in [0.05, 0.1) is 5.25 Å². The zero-order valence-corrected chi connectivity index (χ0v) is 11.6. The first kappa shape index (κ1) is 13.1. The highest BCUT2D eigenvalue weighted by Gasteiger charge is 2.18. The van der Waals surface area contributed by atoms with Gasteiger partial charge in [0.1, 0.15) is 6.29 Å². The first-order chi connectivity index (χ1) is 9.86. The van der Waals surface area contributed by atoms with Gasteiger partial charge < -0.3 is 14.3 Å². The fourth-order valence-corrected chi connectivity index (χ4v) is 3.05. The van der Waals surface area contributed by atoms with Crippen LogP contribution in [0.5, 0.6) is 11.5 Å². The monoisotopic (exact) mass is 286 g/mol. The molecular weight excluding hydrogens is 272 g/mol.